The molecule has 0 radical (unpaired) electrons. The van der Waals surface area contributed by atoms with Crippen LogP contribution >= 0.6 is 11.8 Å². The number of aryl methyl sites for hydroxylation is 2. The van der Waals surface area contributed by atoms with Gasteiger partial charge in [0.2, 0.25) is 5.91 Å². The normalized spacial score (nSPS) is 11.0. The van der Waals surface area contributed by atoms with Crippen LogP contribution in [-0.4, -0.2) is 20.4 Å². The van der Waals surface area contributed by atoms with E-state index in [4.69, 9.17) is 0 Å². The van der Waals surface area contributed by atoms with Crippen LogP contribution in [0.5, 0.6) is 0 Å². The molecule has 0 unspecified atom stereocenters. The molecular weight excluding hydrogens is 356 g/mol. The number of rotatable bonds is 5. The summed E-state index contributed by atoms with van der Waals surface area (Å²) in [4.78, 5) is 21.2. The molecule has 1 amide bonds. The van der Waals surface area contributed by atoms with Crippen LogP contribution in [0, 0.1) is 6.92 Å². The van der Waals surface area contributed by atoms with Crippen molar-refractivity contribution in [1.29, 1.82) is 0 Å². The van der Waals surface area contributed by atoms with Crippen molar-refractivity contribution in [2.45, 2.75) is 23.4 Å². The minimum Gasteiger partial charge on any atom is -0.358 e. The molecular formula is C21H20N4OS. The van der Waals surface area contributed by atoms with Gasteiger partial charge in [0.1, 0.15) is 0 Å². The van der Waals surface area contributed by atoms with Gasteiger partial charge in [-0.15, -0.1) is 0 Å². The van der Waals surface area contributed by atoms with E-state index < -0.39 is 0 Å². The Bertz CT molecular complexity index is 1100. The number of hydrogen-bond acceptors (Lipinski definition) is 3. The molecule has 4 aromatic rings. The van der Waals surface area contributed by atoms with Crippen LogP contribution in [0.1, 0.15) is 11.3 Å². The van der Waals surface area contributed by atoms with Gasteiger partial charge in [-0.3, -0.25) is 4.79 Å². The van der Waals surface area contributed by atoms with Crippen molar-refractivity contribution in [2.75, 3.05) is 5.32 Å². The number of anilines is 1. The molecule has 0 aliphatic heterocycles. The van der Waals surface area contributed by atoms with Gasteiger partial charge in [-0.25, -0.2) is 4.98 Å². The van der Waals surface area contributed by atoms with E-state index in [9.17, 15) is 4.79 Å². The third kappa shape index (κ3) is 3.75. The minimum atomic E-state index is -0.0210. The fourth-order valence-corrected chi connectivity index (χ4v) is 3.89. The highest BCUT2D eigenvalue weighted by atomic mass is 32.2. The Kier molecular flexibility index (Phi) is 4.73. The molecule has 0 bridgehead atoms. The van der Waals surface area contributed by atoms with Gasteiger partial charge in [-0.1, -0.05) is 30.0 Å². The minimum absolute atomic E-state index is 0.0210. The molecule has 5 nitrogen and oxygen atoms in total. The summed E-state index contributed by atoms with van der Waals surface area (Å²) in [7, 11) is 1.97. The number of H-pyrrole nitrogens is 1. The average molecular weight is 376 g/mol. The SMILES string of the molecule is Cc1[nH]c2ccccc2c1CC(=O)Nc1ccc(Sc2nccn2C)cc1. The number of carbonyl (C=O) groups is 1. The van der Waals surface area contributed by atoms with E-state index in [1.165, 1.54) is 0 Å². The van der Waals surface area contributed by atoms with Crippen LogP contribution in [0.25, 0.3) is 10.9 Å². The van der Waals surface area contributed by atoms with Crippen molar-refractivity contribution in [3.8, 4) is 0 Å². The lowest BCUT2D eigenvalue weighted by molar-refractivity contribution is -0.115. The summed E-state index contributed by atoms with van der Waals surface area (Å²) in [6, 6.07) is 15.9. The van der Waals surface area contributed by atoms with Crippen molar-refractivity contribution in [3.05, 3.63) is 72.2 Å². The number of carbonyl (C=O) groups excluding carboxylic acids is 1. The Labute approximate surface area is 161 Å². The zero-order chi connectivity index (χ0) is 18.8. The van der Waals surface area contributed by atoms with Crippen LogP contribution in [0.4, 0.5) is 5.69 Å². The summed E-state index contributed by atoms with van der Waals surface area (Å²) < 4.78 is 1.98. The van der Waals surface area contributed by atoms with E-state index in [0.29, 0.717) is 6.42 Å². The standard InChI is InChI=1S/C21H20N4OS/c1-14-18(17-5-3-4-6-19(17)23-14)13-20(26)24-15-7-9-16(10-8-15)27-21-22-11-12-25(21)2/h3-12,23H,13H2,1-2H3,(H,24,26). The van der Waals surface area contributed by atoms with E-state index in [-0.39, 0.29) is 5.91 Å². The number of nitrogens with zero attached hydrogens (tertiary/aromatic N) is 2. The van der Waals surface area contributed by atoms with Gasteiger partial charge in [-0.05, 0) is 42.8 Å². The molecule has 136 valence electrons. The Balaban J connectivity index is 1.43. The Hall–Kier alpha value is -2.99. The molecule has 0 aliphatic carbocycles. The number of nitrogens with one attached hydrogen (secondary N) is 2. The van der Waals surface area contributed by atoms with Gasteiger partial charge in [0.05, 0.1) is 6.42 Å². The van der Waals surface area contributed by atoms with Gasteiger partial charge in [0.25, 0.3) is 0 Å². The largest absolute Gasteiger partial charge is 0.358 e. The number of benzene rings is 2. The van der Waals surface area contributed by atoms with Crippen molar-refractivity contribution in [2.24, 2.45) is 7.05 Å². The van der Waals surface area contributed by atoms with Crippen LogP contribution in [-0.2, 0) is 18.3 Å². The molecule has 0 saturated heterocycles. The van der Waals surface area contributed by atoms with E-state index in [0.717, 1.165) is 37.9 Å². The predicted octanol–water partition coefficient (Wildman–Crippen LogP) is 4.54. The average Bonchev–Trinajstić information content (AvgIpc) is 3.20. The highest BCUT2D eigenvalue weighted by molar-refractivity contribution is 7.99. The maximum Gasteiger partial charge on any atom is 0.228 e. The second-order valence-electron chi connectivity index (χ2n) is 6.45. The maximum absolute atomic E-state index is 12.5. The van der Waals surface area contributed by atoms with Gasteiger partial charge in [-0.2, -0.15) is 0 Å². The van der Waals surface area contributed by atoms with E-state index >= 15 is 0 Å². The first-order valence-electron chi connectivity index (χ1n) is 8.71. The maximum atomic E-state index is 12.5. The van der Waals surface area contributed by atoms with Crippen molar-refractivity contribution in [3.63, 3.8) is 0 Å². The van der Waals surface area contributed by atoms with E-state index in [2.05, 4.69) is 15.3 Å². The number of amides is 1. The lowest BCUT2D eigenvalue weighted by Crippen LogP contribution is -2.14. The highest BCUT2D eigenvalue weighted by Crippen LogP contribution is 2.27. The number of para-hydroxylation sites is 1. The van der Waals surface area contributed by atoms with Crippen LogP contribution in [0.15, 0.2) is 71.0 Å². The molecule has 2 heterocycles. The van der Waals surface area contributed by atoms with Gasteiger partial charge < -0.3 is 14.9 Å². The second-order valence-corrected chi connectivity index (χ2v) is 7.49. The van der Waals surface area contributed by atoms with Crippen LogP contribution < -0.4 is 5.32 Å². The lowest BCUT2D eigenvalue weighted by Gasteiger charge is -2.07. The molecule has 0 spiro atoms. The third-order valence-corrected chi connectivity index (χ3v) is 5.57. The smallest absolute Gasteiger partial charge is 0.228 e. The predicted molar refractivity (Wildman–Crippen MR) is 109 cm³/mol. The van der Waals surface area contributed by atoms with Crippen LogP contribution in [0.3, 0.4) is 0 Å². The van der Waals surface area contributed by atoms with Gasteiger partial charge in [0, 0.05) is 46.6 Å². The fraction of sp³-hybridized carbons (Fsp3) is 0.143. The summed E-state index contributed by atoms with van der Waals surface area (Å²) in [5, 5.41) is 5.02. The molecule has 0 atom stereocenters. The Morgan fingerprint density at radius 2 is 1.96 bits per heavy atom. The number of hydrogen-bond donors (Lipinski definition) is 2. The monoisotopic (exact) mass is 376 g/mol. The van der Waals surface area contributed by atoms with Crippen molar-refractivity contribution in [1.82, 2.24) is 14.5 Å². The molecule has 4 rings (SSSR count). The first kappa shape index (κ1) is 17.4. The number of aromatic amines is 1. The molecule has 2 N–H and O–H groups in total. The zero-order valence-corrected chi connectivity index (χ0v) is 16.0. The number of fused-ring (bicyclic) bond motifs is 1. The Morgan fingerprint density at radius 3 is 2.70 bits per heavy atom. The van der Waals surface area contributed by atoms with E-state index in [1.807, 2.05) is 73.3 Å². The van der Waals surface area contributed by atoms with E-state index in [1.54, 1.807) is 18.0 Å². The topological polar surface area (TPSA) is 62.7 Å². The third-order valence-electron chi connectivity index (χ3n) is 4.49. The Morgan fingerprint density at radius 1 is 1.19 bits per heavy atom. The first-order valence-corrected chi connectivity index (χ1v) is 9.53. The lowest BCUT2D eigenvalue weighted by atomic mass is 10.1. The quantitative estimate of drug-likeness (QED) is 0.537. The van der Waals surface area contributed by atoms with Gasteiger partial charge >= 0.3 is 0 Å². The molecule has 2 aromatic heterocycles. The molecule has 0 saturated carbocycles. The number of imidazole rings is 1. The van der Waals surface area contributed by atoms with Crippen molar-refractivity contribution >= 4 is 34.3 Å². The summed E-state index contributed by atoms with van der Waals surface area (Å²) in [6.07, 6.45) is 4.05. The highest BCUT2D eigenvalue weighted by Gasteiger charge is 2.12. The summed E-state index contributed by atoms with van der Waals surface area (Å²) in [5.41, 5.74) is 3.94. The molecule has 0 fully saturated rings. The summed E-state index contributed by atoms with van der Waals surface area (Å²) in [5.74, 6) is -0.0210. The van der Waals surface area contributed by atoms with Gasteiger partial charge in [0.15, 0.2) is 5.16 Å². The molecule has 27 heavy (non-hydrogen) atoms. The zero-order valence-electron chi connectivity index (χ0n) is 15.2. The van der Waals surface area contributed by atoms with Crippen molar-refractivity contribution < 1.29 is 4.79 Å². The summed E-state index contributed by atoms with van der Waals surface area (Å²) in [6.45, 7) is 2.01. The number of aromatic nitrogens is 3. The molecule has 0 aliphatic rings. The van der Waals surface area contributed by atoms with Crippen LogP contribution in [0.2, 0.25) is 0 Å². The molecule has 6 heteroatoms. The first-order chi connectivity index (χ1) is 13.1. The molecule has 2 aromatic carbocycles. The summed E-state index contributed by atoms with van der Waals surface area (Å²) >= 11 is 1.59. The fourth-order valence-electron chi connectivity index (χ4n) is 3.09. The second kappa shape index (κ2) is 7.32.